The van der Waals surface area contributed by atoms with Crippen molar-refractivity contribution >= 4 is 17.3 Å². The Morgan fingerprint density at radius 3 is 2.82 bits per heavy atom. The molecule has 0 saturated carbocycles. The normalized spacial score (nSPS) is 10.5. The highest BCUT2D eigenvalue weighted by Gasteiger charge is 2.18. The maximum atomic E-state index is 12.4. The van der Waals surface area contributed by atoms with Crippen LogP contribution < -0.4 is 0 Å². The average Bonchev–Trinajstić information content (AvgIpc) is 2.78. The number of nitrogens with zero attached hydrogens (tertiary/aromatic N) is 2. The summed E-state index contributed by atoms with van der Waals surface area (Å²) in [4.78, 5) is 13.0. The van der Waals surface area contributed by atoms with Gasteiger partial charge in [-0.25, -0.2) is 0 Å². The largest absolute Gasteiger partial charge is 0.288 e. The van der Waals surface area contributed by atoms with Gasteiger partial charge in [-0.05, 0) is 30.4 Å². The molecule has 2 aromatic rings. The van der Waals surface area contributed by atoms with Gasteiger partial charge >= 0.3 is 0 Å². The molecule has 1 aromatic heterocycles. The maximum Gasteiger partial charge on any atom is 0.206 e. The highest BCUT2D eigenvalue weighted by molar-refractivity contribution is 7.08. The lowest BCUT2D eigenvalue weighted by Gasteiger charge is -2.03. The van der Waals surface area contributed by atoms with Gasteiger partial charge in [0.25, 0.3) is 0 Å². The molecule has 3 nitrogen and oxygen atoms in total. The van der Waals surface area contributed by atoms with Gasteiger partial charge in [0.2, 0.25) is 5.78 Å². The van der Waals surface area contributed by atoms with Gasteiger partial charge in [-0.2, -0.15) is 0 Å². The van der Waals surface area contributed by atoms with Crippen LogP contribution in [0.2, 0.25) is 0 Å². The summed E-state index contributed by atoms with van der Waals surface area (Å²) in [6, 6.07) is 7.62. The molecule has 1 heterocycles. The van der Waals surface area contributed by atoms with E-state index in [2.05, 4.69) is 16.5 Å². The van der Waals surface area contributed by atoms with Crippen LogP contribution in [-0.4, -0.2) is 15.4 Å². The molecular formula is C13H14N2OS. The van der Waals surface area contributed by atoms with Crippen molar-refractivity contribution in [1.29, 1.82) is 0 Å². The van der Waals surface area contributed by atoms with E-state index < -0.39 is 0 Å². The average molecular weight is 246 g/mol. The van der Waals surface area contributed by atoms with Gasteiger partial charge in [0.05, 0.1) is 5.69 Å². The zero-order valence-electron chi connectivity index (χ0n) is 9.93. The third-order valence-electron chi connectivity index (χ3n) is 2.64. The summed E-state index contributed by atoms with van der Waals surface area (Å²) in [6.45, 7) is 4.02. The molecule has 0 atom stereocenters. The zero-order valence-corrected chi connectivity index (χ0v) is 10.8. The van der Waals surface area contributed by atoms with Gasteiger partial charge in [0, 0.05) is 5.56 Å². The molecule has 0 fully saturated rings. The Morgan fingerprint density at radius 2 is 2.12 bits per heavy atom. The first kappa shape index (κ1) is 11.9. The lowest BCUT2D eigenvalue weighted by Crippen LogP contribution is -2.04. The first-order valence-corrected chi connectivity index (χ1v) is 6.43. The Morgan fingerprint density at radius 1 is 1.35 bits per heavy atom. The number of aryl methyl sites for hydroxylation is 2. The highest BCUT2D eigenvalue weighted by atomic mass is 32.1. The zero-order chi connectivity index (χ0) is 12.3. The van der Waals surface area contributed by atoms with Crippen LogP contribution in [0.1, 0.15) is 39.8 Å². The number of benzene rings is 1. The Kier molecular flexibility index (Phi) is 3.64. The Balaban J connectivity index is 2.37. The minimum Gasteiger partial charge on any atom is -0.288 e. The quantitative estimate of drug-likeness (QED) is 0.779. The summed E-state index contributed by atoms with van der Waals surface area (Å²) in [7, 11) is 0. The summed E-state index contributed by atoms with van der Waals surface area (Å²) in [5, 5.41) is 4.03. The van der Waals surface area contributed by atoms with E-state index in [0.717, 1.165) is 29.7 Å². The molecule has 0 bridgehead atoms. The predicted molar refractivity (Wildman–Crippen MR) is 68.5 cm³/mol. The second kappa shape index (κ2) is 5.19. The first-order chi connectivity index (χ1) is 8.24. The molecule has 0 N–H and O–H groups in total. The number of ketones is 1. The molecule has 0 aliphatic rings. The molecule has 0 unspecified atom stereocenters. The second-order valence-electron chi connectivity index (χ2n) is 3.94. The van der Waals surface area contributed by atoms with Crippen molar-refractivity contribution in [3.8, 4) is 0 Å². The van der Waals surface area contributed by atoms with Crippen molar-refractivity contribution < 1.29 is 4.79 Å². The molecule has 2 rings (SSSR count). The fourth-order valence-electron chi connectivity index (χ4n) is 1.73. The maximum absolute atomic E-state index is 12.4. The van der Waals surface area contributed by atoms with E-state index in [4.69, 9.17) is 0 Å². The van der Waals surface area contributed by atoms with Crippen LogP contribution >= 0.6 is 11.5 Å². The molecule has 0 aliphatic carbocycles. The van der Waals surface area contributed by atoms with E-state index in [0.29, 0.717) is 4.88 Å². The van der Waals surface area contributed by atoms with E-state index in [1.54, 1.807) is 0 Å². The van der Waals surface area contributed by atoms with Crippen molar-refractivity contribution in [3.63, 3.8) is 0 Å². The van der Waals surface area contributed by atoms with Crippen molar-refractivity contribution in [2.24, 2.45) is 0 Å². The van der Waals surface area contributed by atoms with Gasteiger partial charge in [0.15, 0.2) is 0 Å². The molecule has 4 heteroatoms. The number of hydrogen-bond donors (Lipinski definition) is 0. The molecule has 88 valence electrons. The molecule has 0 spiro atoms. The Labute approximate surface area is 105 Å². The number of aromatic nitrogens is 2. The second-order valence-corrected chi connectivity index (χ2v) is 4.70. The molecule has 0 saturated heterocycles. The predicted octanol–water partition coefficient (Wildman–Crippen LogP) is 3.03. The van der Waals surface area contributed by atoms with Gasteiger partial charge < -0.3 is 0 Å². The monoisotopic (exact) mass is 246 g/mol. The smallest absolute Gasteiger partial charge is 0.206 e. The molecule has 17 heavy (non-hydrogen) atoms. The van der Waals surface area contributed by atoms with E-state index in [-0.39, 0.29) is 5.78 Å². The lowest BCUT2D eigenvalue weighted by atomic mass is 10.0. The van der Waals surface area contributed by atoms with Crippen molar-refractivity contribution in [3.05, 3.63) is 46.0 Å². The van der Waals surface area contributed by atoms with Crippen LogP contribution in [0, 0.1) is 6.92 Å². The van der Waals surface area contributed by atoms with Gasteiger partial charge in [-0.15, -0.1) is 5.10 Å². The highest BCUT2D eigenvalue weighted by Crippen LogP contribution is 2.19. The Hall–Kier alpha value is -1.55. The fraction of sp³-hybridized carbons (Fsp3) is 0.308. The SMILES string of the molecule is CCCc1nnsc1C(=O)c1ccccc1C. The summed E-state index contributed by atoms with van der Waals surface area (Å²) in [6.07, 6.45) is 1.78. The van der Waals surface area contributed by atoms with Crippen LogP contribution in [0.15, 0.2) is 24.3 Å². The van der Waals surface area contributed by atoms with Gasteiger partial charge in [-0.3, -0.25) is 4.79 Å². The van der Waals surface area contributed by atoms with E-state index in [1.807, 2.05) is 31.2 Å². The fourth-order valence-corrected chi connectivity index (χ4v) is 2.39. The van der Waals surface area contributed by atoms with E-state index >= 15 is 0 Å². The standard InChI is InChI=1S/C13H14N2OS/c1-3-6-11-13(17-15-14-11)12(16)10-8-5-4-7-9(10)2/h4-5,7-8H,3,6H2,1-2H3. The molecule has 1 aromatic carbocycles. The summed E-state index contributed by atoms with van der Waals surface area (Å²) >= 11 is 1.19. The molecule has 0 aliphatic heterocycles. The van der Waals surface area contributed by atoms with Gasteiger partial charge in [0.1, 0.15) is 4.88 Å². The number of hydrogen-bond acceptors (Lipinski definition) is 4. The van der Waals surface area contributed by atoms with Crippen molar-refractivity contribution in [2.45, 2.75) is 26.7 Å². The van der Waals surface area contributed by atoms with Crippen molar-refractivity contribution in [2.75, 3.05) is 0 Å². The van der Waals surface area contributed by atoms with Crippen LogP contribution in [0.25, 0.3) is 0 Å². The Bertz CT molecular complexity index is 534. The van der Waals surface area contributed by atoms with Gasteiger partial charge in [-0.1, -0.05) is 42.1 Å². The summed E-state index contributed by atoms with van der Waals surface area (Å²) in [5.41, 5.74) is 2.56. The van der Waals surface area contributed by atoms with Crippen molar-refractivity contribution in [1.82, 2.24) is 9.59 Å². The van der Waals surface area contributed by atoms with E-state index in [9.17, 15) is 4.79 Å². The summed E-state index contributed by atoms with van der Waals surface area (Å²) < 4.78 is 3.89. The van der Waals surface area contributed by atoms with E-state index in [1.165, 1.54) is 11.5 Å². The molecular weight excluding hydrogens is 232 g/mol. The van der Waals surface area contributed by atoms with Crippen LogP contribution in [0.5, 0.6) is 0 Å². The number of rotatable bonds is 4. The van der Waals surface area contributed by atoms with Crippen LogP contribution in [0.3, 0.4) is 0 Å². The number of carbonyl (C=O) groups excluding carboxylic acids is 1. The topological polar surface area (TPSA) is 42.9 Å². The number of carbonyl (C=O) groups is 1. The molecule has 0 radical (unpaired) electrons. The first-order valence-electron chi connectivity index (χ1n) is 5.65. The minimum absolute atomic E-state index is 0.0431. The van der Waals surface area contributed by atoms with Crippen LogP contribution in [-0.2, 0) is 6.42 Å². The third kappa shape index (κ3) is 2.42. The lowest BCUT2D eigenvalue weighted by molar-refractivity contribution is 0.104. The minimum atomic E-state index is 0.0431. The third-order valence-corrected chi connectivity index (χ3v) is 3.41. The van der Waals surface area contributed by atoms with Crippen LogP contribution in [0.4, 0.5) is 0 Å². The molecule has 0 amide bonds. The summed E-state index contributed by atoms with van der Waals surface area (Å²) in [5.74, 6) is 0.0431.